The number of aryl methyl sites for hydroxylation is 1. The fraction of sp³-hybridized carbons (Fsp3) is 0.778. The Morgan fingerprint density at radius 1 is 1.20 bits per heavy atom. The zero-order valence-electron chi connectivity index (χ0n) is 15.2. The molecule has 3 heterocycles. The number of hydrogen-bond acceptors (Lipinski definition) is 4. The monoisotopic (exact) mass is 347 g/mol. The second kappa shape index (κ2) is 7.97. The van der Waals surface area contributed by atoms with Crippen LogP contribution in [0.25, 0.3) is 0 Å². The third kappa shape index (κ3) is 4.19. The van der Waals surface area contributed by atoms with E-state index in [2.05, 4.69) is 15.6 Å². The van der Waals surface area contributed by atoms with E-state index < -0.39 is 0 Å². The number of aromatic nitrogens is 3. The molecule has 2 aliphatic heterocycles. The molecule has 1 fully saturated rings. The number of hydrogen-bond donors (Lipinski definition) is 1. The summed E-state index contributed by atoms with van der Waals surface area (Å²) in [6, 6.07) is 0. The minimum atomic E-state index is -0.335. The van der Waals surface area contributed by atoms with Gasteiger partial charge in [0.25, 0.3) is 0 Å². The Bertz CT molecular complexity index is 604. The van der Waals surface area contributed by atoms with Gasteiger partial charge in [0.1, 0.15) is 5.69 Å². The molecular formula is C18H29N5O2. The van der Waals surface area contributed by atoms with E-state index >= 15 is 0 Å². The zero-order valence-corrected chi connectivity index (χ0v) is 15.2. The average Bonchev–Trinajstić information content (AvgIpc) is 3.07. The number of amides is 2. The highest BCUT2D eigenvalue weighted by molar-refractivity contribution is 5.83. The fourth-order valence-corrected chi connectivity index (χ4v) is 3.95. The Kier molecular flexibility index (Phi) is 5.71. The standard InChI is InChI=1S/C18H29N5O2/c1-2-6-16(24)22-11-8-18(9-12-22)7-4-3-5-10-23-14-15(20-21-23)13-19-17(18)25/h14H,2-13H2,1H3,(H,19,25). The Hall–Kier alpha value is -1.92. The lowest BCUT2D eigenvalue weighted by atomic mass is 9.73. The molecule has 2 aliphatic rings. The van der Waals surface area contributed by atoms with Gasteiger partial charge in [0.05, 0.1) is 18.2 Å². The van der Waals surface area contributed by atoms with Crippen molar-refractivity contribution < 1.29 is 9.59 Å². The lowest BCUT2D eigenvalue weighted by molar-refractivity contribution is -0.141. The smallest absolute Gasteiger partial charge is 0.226 e. The first-order chi connectivity index (χ1) is 12.1. The molecule has 0 radical (unpaired) electrons. The second-order valence-corrected chi connectivity index (χ2v) is 7.38. The van der Waals surface area contributed by atoms with Crippen LogP contribution in [0.4, 0.5) is 0 Å². The highest BCUT2D eigenvalue weighted by atomic mass is 16.2. The summed E-state index contributed by atoms with van der Waals surface area (Å²) in [6.45, 7) is 4.73. The van der Waals surface area contributed by atoms with Gasteiger partial charge in [-0.25, -0.2) is 0 Å². The quantitative estimate of drug-likeness (QED) is 0.886. The van der Waals surface area contributed by atoms with Crippen LogP contribution in [0.15, 0.2) is 6.20 Å². The maximum Gasteiger partial charge on any atom is 0.226 e. The highest BCUT2D eigenvalue weighted by Gasteiger charge is 2.41. The van der Waals surface area contributed by atoms with Crippen molar-refractivity contribution in [3.05, 3.63) is 11.9 Å². The lowest BCUT2D eigenvalue weighted by Gasteiger charge is -2.41. The molecule has 1 saturated heterocycles. The van der Waals surface area contributed by atoms with E-state index in [0.29, 0.717) is 26.1 Å². The van der Waals surface area contributed by atoms with Crippen molar-refractivity contribution in [3.8, 4) is 0 Å². The first kappa shape index (κ1) is 17.9. The molecule has 7 heteroatoms. The molecule has 0 aliphatic carbocycles. The molecule has 0 unspecified atom stereocenters. The Morgan fingerprint density at radius 3 is 2.76 bits per heavy atom. The summed E-state index contributed by atoms with van der Waals surface area (Å²) < 4.78 is 1.86. The topological polar surface area (TPSA) is 80.1 Å². The van der Waals surface area contributed by atoms with Crippen molar-refractivity contribution >= 4 is 11.8 Å². The summed E-state index contributed by atoms with van der Waals surface area (Å²) in [6.07, 6.45) is 9.02. The van der Waals surface area contributed by atoms with Gasteiger partial charge in [0, 0.05) is 26.1 Å². The number of fused-ring (bicyclic) bond motifs is 2. The minimum Gasteiger partial charge on any atom is -0.350 e. The molecule has 7 nitrogen and oxygen atoms in total. The predicted molar refractivity (Wildman–Crippen MR) is 93.5 cm³/mol. The lowest BCUT2D eigenvalue weighted by Crippen LogP contribution is -2.50. The van der Waals surface area contributed by atoms with Gasteiger partial charge in [0.15, 0.2) is 0 Å². The van der Waals surface area contributed by atoms with E-state index in [4.69, 9.17) is 0 Å². The molecule has 0 atom stereocenters. The summed E-state index contributed by atoms with van der Waals surface area (Å²) in [5.41, 5.74) is 0.470. The van der Waals surface area contributed by atoms with Crippen molar-refractivity contribution in [2.45, 2.75) is 71.4 Å². The SMILES string of the molecule is CCCC(=O)N1CCC2(CCCCCn3cc(nn3)CNC2=O)CC1. The summed E-state index contributed by atoms with van der Waals surface area (Å²) in [5, 5.41) is 11.3. The average molecular weight is 347 g/mol. The van der Waals surface area contributed by atoms with E-state index in [0.717, 1.165) is 57.2 Å². The van der Waals surface area contributed by atoms with Crippen LogP contribution in [0, 0.1) is 5.41 Å². The summed E-state index contributed by atoms with van der Waals surface area (Å²) in [5.74, 6) is 0.341. The van der Waals surface area contributed by atoms with Gasteiger partial charge in [-0.15, -0.1) is 5.10 Å². The number of rotatable bonds is 2. The Balaban J connectivity index is 1.67. The van der Waals surface area contributed by atoms with E-state index in [-0.39, 0.29) is 17.2 Å². The molecule has 1 aromatic heterocycles. The minimum absolute atomic E-state index is 0.116. The number of likely N-dealkylation sites (tertiary alicyclic amines) is 1. The molecule has 1 spiro atoms. The molecule has 0 aromatic carbocycles. The predicted octanol–water partition coefficient (Wildman–Crippen LogP) is 1.88. The van der Waals surface area contributed by atoms with Gasteiger partial charge in [-0.2, -0.15) is 0 Å². The van der Waals surface area contributed by atoms with Crippen LogP contribution in [0.2, 0.25) is 0 Å². The Morgan fingerprint density at radius 2 is 2.00 bits per heavy atom. The van der Waals surface area contributed by atoms with Gasteiger partial charge in [0.2, 0.25) is 11.8 Å². The number of carbonyl (C=O) groups excluding carboxylic acids is 2. The molecule has 25 heavy (non-hydrogen) atoms. The highest BCUT2D eigenvalue weighted by Crippen LogP contribution is 2.37. The second-order valence-electron chi connectivity index (χ2n) is 7.38. The van der Waals surface area contributed by atoms with Crippen LogP contribution in [0.5, 0.6) is 0 Å². The normalized spacial score (nSPS) is 21.3. The number of carbonyl (C=O) groups is 2. The largest absolute Gasteiger partial charge is 0.350 e. The molecule has 138 valence electrons. The molecule has 2 bridgehead atoms. The zero-order chi connectivity index (χ0) is 17.7. The van der Waals surface area contributed by atoms with Crippen LogP contribution in [0.1, 0.15) is 64.0 Å². The van der Waals surface area contributed by atoms with Gasteiger partial charge in [-0.3, -0.25) is 14.3 Å². The fourth-order valence-electron chi connectivity index (χ4n) is 3.95. The third-order valence-electron chi connectivity index (χ3n) is 5.58. The van der Waals surface area contributed by atoms with Crippen LogP contribution in [-0.4, -0.2) is 44.8 Å². The van der Waals surface area contributed by atoms with E-state index in [1.807, 2.05) is 22.7 Å². The molecule has 1 N–H and O–H groups in total. The van der Waals surface area contributed by atoms with Crippen LogP contribution in [0.3, 0.4) is 0 Å². The van der Waals surface area contributed by atoms with Crippen molar-refractivity contribution in [2.75, 3.05) is 13.1 Å². The van der Waals surface area contributed by atoms with E-state index in [1.54, 1.807) is 0 Å². The number of nitrogens with one attached hydrogen (secondary N) is 1. The maximum absolute atomic E-state index is 13.0. The number of piperidine rings is 1. The summed E-state index contributed by atoms with van der Waals surface area (Å²) in [7, 11) is 0. The van der Waals surface area contributed by atoms with Crippen LogP contribution >= 0.6 is 0 Å². The number of nitrogens with zero attached hydrogens (tertiary/aromatic N) is 4. The maximum atomic E-state index is 13.0. The Labute approximate surface area is 149 Å². The van der Waals surface area contributed by atoms with Gasteiger partial charge < -0.3 is 10.2 Å². The molecule has 2 amide bonds. The van der Waals surface area contributed by atoms with Crippen molar-refractivity contribution in [3.63, 3.8) is 0 Å². The van der Waals surface area contributed by atoms with E-state index in [9.17, 15) is 9.59 Å². The molecule has 0 saturated carbocycles. The van der Waals surface area contributed by atoms with Crippen molar-refractivity contribution in [1.29, 1.82) is 0 Å². The first-order valence-electron chi connectivity index (χ1n) is 9.58. The molecule has 1 aromatic rings. The molecular weight excluding hydrogens is 318 g/mol. The van der Waals surface area contributed by atoms with Crippen LogP contribution in [-0.2, 0) is 22.7 Å². The first-order valence-corrected chi connectivity index (χ1v) is 9.58. The van der Waals surface area contributed by atoms with Gasteiger partial charge in [-0.05, 0) is 32.1 Å². The third-order valence-corrected chi connectivity index (χ3v) is 5.58. The van der Waals surface area contributed by atoms with Gasteiger partial charge >= 0.3 is 0 Å². The van der Waals surface area contributed by atoms with Gasteiger partial charge in [-0.1, -0.05) is 25.0 Å². The summed E-state index contributed by atoms with van der Waals surface area (Å²) >= 11 is 0. The van der Waals surface area contributed by atoms with Crippen molar-refractivity contribution in [1.82, 2.24) is 25.2 Å². The van der Waals surface area contributed by atoms with E-state index in [1.165, 1.54) is 0 Å². The van der Waals surface area contributed by atoms with Crippen LogP contribution < -0.4 is 5.32 Å². The summed E-state index contributed by atoms with van der Waals surface area (Å²) in [4.78, 5) is 27.0. The van der Waals surface area contributed by atoms with Crippen molar-refractivity contribution in [2.24, 2.45) is 5.41 Å². The molecule has 3 rings (SSSR count).